The van der Waals surface area contributed by atoms with Gasteiger partial charge in [0, 0.05) is 24.8 Å². The molecule has 0 bridgehead atoms. The second-order valence-electron chi connectivity index (χ2n) is 5.87. The zero-order valence-electron chi connectivity index (χ0n) is 14.2. The molecule has 0 amide bonds. The van der Waals surface area contributed by atoms with Gasteiger partial charge in [-0.25, -0.2) is 9.18 Å². The highest BCUT2D eigenvalue weighted by molar-refractivity contribution is 6.07. The summed E-state index contributed by atoms with van der Waals surface area (Å²) >= 11 is 0. The van der Waals surface area contributed by atoms with Gasteiger partial charge in [-0.2, -0.15) is 0 Å². The summed E-state index contributed by atoms with van der Waals surface area (Å²) < 4.78 is 24.2. The maximum Gasteiger partial charge on any atom is 0.343 e. The van der Waals surface area contributed by atoms with Crippen LogP contribution in [0.25, 0.3) is 16.8 Å². The van der Waals surface area contributed by atoms with E-state index in [1.54, 1.807) is 6.20 Å². The molecule has 6 heteroatoms. The van der Waals surface area contributed by atoms with Crippen LogP contribution in [-0.2, 0) is 0 Å². The van der Waals surface area contributed by atoms with Crippen molar-refractivity contribution in [1.29, 1.82) is 0 Å². The van der Waals surface area contributed by atoms with E-state index in [0.717, 1.165) is 16.5 Å². The van der Waals surface area contributed by atoms with Gasteiger partial charge >= 0.3 is 5.97 Å². The van der Waals surface area contributed by atoms with Gasteiger partial charge in [0.05, 0.1) is 24.1 Å². The summed E-state index contributed by atoms with van der Waals surface area (Å²) in [7, 11) is 3.37. The molecule has 0 atom stereocenters. The van der Waals surface area contributed by atoms with Crippen molar-refractivity contribution in [3.8, 4) is 11.5 Å². The van der Waals surface area contributed by atoms with Gasteiger partial charge < -0.3 is 14.4 Å². The van der Waals surface area contributed by atoms with E-state index >= 15 is 0 Å². The van der Waals surface area contributed by atoms with Crippen LogP contribution in [0.1, 0.15) is 16.1 Å². The quantitative estimate of drug-likeness (QED) is 0.527. The van der Waals surface area contributed by atoms with Gasteiger partial charge in [0.2, 0.25) is 0 Å². The molecular weight excluding hydrogens is 335 g/mol. The van der Waals surface area contributed by atoms with Crippen molar-refractivity contribution in [2.24, 2.45) is 0 Å². The van der Waals surface area contributed by atoms with Crippen LogP contribution in [0.2, 0.25) is 0 Å². The molecule has 0 aliphatic carbocycles. The summed E-state index contributed by atoms with van der Waals surface area (Å²) in [6, 6.07) is 8.89. The van der Waals surface area contributed by atoms with Gasteiger partial charge in [0.15, 0.2) is 11.5 Å². The van der Waals surface area contributed by atoms with Crippen LogP contribution in [0.3, 0.4) is 0 Å². The molecular formula is C20H15FN2O3. The number of pyridine rings is 1. The summed E-state index contributed by atoms with van der Waals surface area (Å²) in [5, 5.41) is 1.81. The van der Waals surface area contributed by atoms with Crippen LogP contribution in [0.4, 0.5) is 10.1 Å². The fourth-order valence-corrected chi connectivity index (χ4v) is 3.02. The lowest BCUT2D eigenvalue weighted by atomic mass is 10.0. The number of benzene rings is 2. The number of hydrogen-bond acceptors (Lipinski definition) is 5. The zero-order chi connectivity index (χ0) is 18.3. The van der Waals surface area contributed by atoms with Crippen molar-refractivity contribution in [2.75, 3.05) is 19.1 Å². The van der Waals surface area contributed by atoms with Gasteiger partial charge in [-0.3, -0.25) is 4.98 Å². The van der Waals surface area contributed by atoms with Crippen molar-refractivity contribution >= 4 is 28.5 Å². The van der Waals surface area contributed by atoms with Crippen molar-refractivity contribution in [3.05, 3.63) is 65.9 Å². The van der Waals surface area contributed by atoms with E-state index in [9.17, 15) is 9.18 Å². The smallest absolute Gasteiger partial charge is 0.343 e. The Hall–Kier alpha value is -3.41. The number of methoxy groups -OCH3 is 1. The molecule has 0 saturated carbocycles. The number of aromatic nitrogens is 1. The molecule has 2 aromatic carbocycles. The summed E-state index contributed by atoms with van der Waals surface area (Å²) in [5.41, 5.74) is 1.74. The second-order valence-corrected chi connectivity index (χ2v) is 5.87. The Morgan fingerprint density at radius 1 is 1.19 bits per heavy atom. The fourth-order valence-electron chi connectivity index (χ4n) is 3.02. The first-order valence-corrected chi connectivity index (χ1v) is 7.97. The van der Waals surface area contributed by atoms with Crippen LogP contribution in [0, 0.1) is 5.82 Å². The molecule has 130 valence electrons. The molecule has 3 aromatic rings. The zero-order valence-corrected chi connectivity index (χ0v) is 14.2. The number of esters is 1. The Kier molecular flexibility index (Phi) is 3.80. The van der Waals surface area contributed by atoms with Gasteiger partial charge in [0.25, 0.3) is 0 Å². The number of carbonyl (C=O) groups is 1. The minimum absolute atomic E-state index is 0.251. The molecule has 0 unspecified atom stereocenters. The number of anilines is 1. The first-order chi connectivity index (χ1) is 12.6. The van der Waals surface area contributed by atoms with Gasteiger partial charge in [-0.15, -0.1) is 0 Å². The van der Waals surface area contributed by atoms with E-state index in [4.69, 9.17) is 9.47 Å². The normalized spacial score (nSPS) is 12.3. The van der Waals surface area contributed by atoms with E-state index in [1.807, 2.05) is 36.4 Å². The van der Waals surface area contributed by atoms with E-state index in [-0.39, 0.29) is 5.56 Å². The molecule has 4 rings (SSSR count). The van der Waals surface area contributed by atoms with E-state index in [1.165, 1.54) is 31.4 Å². The van der Waals surface area contributed by atoms with E-state index < -0.39 is 11.8 Å². The molecule has 0 radical (unpaired) electrons. The number of nitrogens with zero attached hydrogens (tertiary/aromatic N) is 2. The van der Waals surface area contributed by atoms with E-state index in [0.29, 0.717) is 17.2 Å². The second kappa shape index (κ2) is 6.15. The molecule has 0 N–H and O–H groups in total. The van der Waals surface area contributed by atoms with Crippen LogP contribution in [0.15, 0.2) is 48.8 Å². The lowest BCUT2D eigenvalue weighted by Gasteiger charge is -2.25. The third-order valence-corrected chi connectivity index (χ3v) is 4.28. The third-order valence-electron chi connectivity index (χ3n) is 4.28. The average molecular weight is 350 g/mol. The molecule has 0 fully saturated rings. The number of hydrogen-bond donors (Lipinski definition) is 0. The number of halogens is 1. The fraction of sp³-hybridized carbons (Fsp3) is 0.100. The predicted octanol–water partition coefficient (Wildman–Crippen LogP) is 4.02. The Morgan fingerprint density at radius 2 is 1.96 bits per heavy atom. The molecule has 5 nitrogen and oxygen atoms in total. The van der Waals surface area contributed by atoms with Crippen molar-refractivity contribution in [3.63, 3.8) is 0 Å². The number of carbonyl (C=O) groups excluding carboxylic acids is 1. The van der Waals surface area contributed by atoms with Gasteiger partial charge in [-0.05, 0) is 47.9 Å². The lowest BCUT2D eigenvalue weighted by Crippen LogP contribution is -2.17. The Balaban J connectivity index is 1.87. The van der Waals surface area contributed by atoms with Crippen LogP contribution in [-0.4, -0.2) is 25.1 Å². The lowest BCUT2D eigenvalue weighted by molar-refractivity contribution is 0.0730. The highest BCUT2D eigenvalue weighted by atomic mass is 19.1. The molecule has 2 heterocycles. The summed E-state index contributed by atoms with van der Waals surface area (Å²) in [5.74, 6) is -0.273. The highest BCUT2D eigenvalue weighted by Crippen LogP contribution is 2.46. The average Bonchev–Trinajstić information content (AvgIpc) is 2.65. The summed E-state index contributed by atoms with van der Waals surface area (Å²) in [4.78, 5) is 18.8. The maximum atomic E-state index is 13.1. The van der Waals surface area contributed by atoms with E-state index in [2.05, 4.69) is 4.98 Å². The minimum atomic E-state index is -0.590. The van der Waals surface area contributed by atoms with Crippen LogP contribution in [0.5, 0.6) is 11.5 Å². The predicted molar refractivity (Wildman–Crippen MR) is 97.1 cm³/mol. The summed E-state index contributed by atoms with van der Waals surface area (Å²) in [6.07, 6.45) is 5.47. The van der Waals surface area contributed by atoms with Gasteiger partial charge in [0.1, 0.15) is 5.82 Å². The first kappa shape index (κ1) is 16.1. The first-order valence-electron chi connectivity index (χ1n) is 7.97. The third kappa shape index (κ3) is 2.56. The Morgan fingerprint density at radius 3 is 2.69 bits per heavy atom. The van der Waals surface area contributed by atoms with Crippen molar-refractivity contribution < 1.29 is 18.7 Å². The highest BCUT2D eigenvalue weighted by Gasteiger charge is 2.25. The molecule has 0 saturated heterocycles. The van der Waals surface area contributed by atoms with Crippen molar-refractivity contribution in [1.82, 2.24) is 4.98 Å². The minimum Gasteiger partial charge on any atom is -0.493 e. The monoisotopic (exact) mass is 350 g/mol. The summed E-state index contributed by atoms with van der Waals surface area (Å²) in [6.45, 7) is 0. The van der Waals surface area contributed by atoms with Crippen LogP contribution >= 0.6 is 0 Å². The molecule has 1 aliphatic rings. The van der Waals surface area contributed by atoms with Crippen LogP contribution < -0.4 is 14.4 Å². The molecule has 1 aliphatic heterocycles. The number of ether oxygens (including phenoxy) is 2. The Labute approximate surface area is 149 Å². The van der Waals surface area contributed by atoms with Gasteiger partial charge in [-0.1, -0.05) is 0 Å². The largest absolute Gasteiger partial charge is 0.493 e. The Bertz CT molecular complexity index is 1050. The molecule has 26 heavy (non-hydrogen) atoms. The van der Waals surface area contributed by atoms with Crippen molar-refractivity contribution in [2.45, 2.75) is 0 Å². The molecule has 1 aromatic heterocycles. The maximum absolute atomic E-state index is 13.1. The molecule has 0 spiro atoms. The topological polar surface area (TPSA) is 51.7 Å². The SMILES string of the molecule is COc1cc2ccnc3c2c(c1OC(=O)c1ccc(F)cc1)N(C)C=C3. The standard InChI is InChI=1S/C20H15FN2O3/c1-23-10-8-15-17-13(7-9-22-15)11-16(25-2)19(18(17)23)26-20(24)12-3-5-14(21)6-4-12/h3-11H,1-2H3. The number of rotatable bonds is 3.